The maximum Gasteiger partial charge on any atom is 0.228 e. The smallest absolute Gasteiger partial charge is 0.228 e. The van der Waals surface area contributed by atoms with E-state index in [4.69, 9.17) is 4.74 Å². The molecule has 1 amide bonds. The summed E-state index contributed by atoms with van der Waals surface area (Å²) in [7, 11) is 1.67. The quantitative estimate of drug-likeness (QED) is 0.854. The molecule has 1 aliphatic heterocycles. The van der Waals surface area contributed by atoms with Crippen molar-refractivity contribution in [3.05, 3.63) is 29.8 Å². The number of piperidine rings is 1. The van der Waals surface area contributed by atoms with Gasteiger partial charge in [-0.05, 0) is 37.1 Å². The van der Waals surface area contributed by atoms with Gasteiger partial charge in [0.05, 0.1) is 12.5 Å². The standard InChI is InChI=1S/C14H20N2O2/c1-18-10-11-4-6-13(7-5-11)16-14(17)12-3-2-8-15-9-12/h4-7,12,15H,2-3,8-10H2,1H3,(H,16,17)/t12-/m1/s1. The van der Waals surface area contributed by atoms with Gasteiger partial charge in [-0.15, -0.1) is 0 Å². The number of carbonyl (C=O) groups is 1. The minimum absolute atomic E-state index is 0.0948. The van der Waals surface area contributed by atoms with E-state index in [0.29, 0.717) is 6.61 Å². The van der Waals surface area contributed by atoms with Crippen LogP contribution in [0.15, 0.2) is 24.3 Å². The molecule has 1 atom stereocenters. The van der Waals surface area contributed by atoms with Gasteiger partial charge < -0.3 is 15.4 Å². The molecule has 1 aromatic carbocycles. The fraction of sp³-hybridized carbons (Fsp3) is 0.500. The van der Waals surface area contributed by atoms with Crippen molar-refractivity contribution in [2.24, 2.45) is 5.92 Å². The molecule has 2 rings (SSSR count). The number of carbonyl (C=O) groups excluding carboxylic acids is 1. The summed E-state index contributed by atoms with van der Waals surface area (Å²) >= 11 is 0. The van der Waals surface area contributed by atoms with Gasteiger partial charge in [0.15, 0.2) is 0 Å². The second-order valence-corrected chi connectivity index (χ2v) is 4.66. The van der Waals surface area contributed by atoms with Crippen LogP contribution in [0, 0.1) is 5.92 Å². The Labute approximate surface area is 108 Å². The van der Waals surface area contributed by atoms with Gasteiger partial charge in [-0.2, -0.15) is 0 Å². The number of benzene rings is 1. The van der Waals surface area contributed by atoms with Crippen LogP contribution in [-0.2, 0) is 16.1 Å². The van der Waals surface area contributed by atoms with Crippen molar-refractivity contribution in [3.8, 4) is 0 Å². The molecule has 18 heavy (non-hydrogen) atoms. The third-order valence-electron chi connectivity index (χ3n) is 3.20. The third kappa shape index (κ3) is 3.55. The highest BCUT2D eigenvalue weighted by Gasteiger charge is 2.20. The van der Waals surface area contributed by atoms with E-state index in [-0.39, 0.29) is 11.8 Å². The van der Waals surface area contributed by atoms with Gasteiger partial charge in [0.25, 0.3) is 0 Å². The Hall–Kier alpha value is -1.39. The van der Waals surface area contributed by atoms with Crippen LogP contribution in [0.3, 0.4) is 0 Å². The number of hydrogen-bond acceptors (Lipinski definition) is 3. The zero-order valence-corrected chi connectivity index (χ0v) is 10.7. The molecule has 0 spiro atoms. The summed E-state index contributed by atoms with van der Waals surface area (Å²) in [5, 5.41) is 6.21. The van der Waals surface area contributed by atoms with Crippen LogP contribution in [0.4, 0.5) is 5.69 Å². The Balaban J connectivity index is 1.89. The predicted octanol–water partition coefficient (Wildman–Crippen LogP) is 1.77. The summed E-state index contributed by atoms with van der Waals surface area (Å²) in [4.78, 5) is 12.0. The van der Waals surface area contributed by atoms with Crippen molar-refractivity contribution in [2.45, 2.75) is 19.4 Å². The van der Waals surface area contributed by atoms with Crippen LogP contribution in [0.1, 0.15) is 18.4 Å². The Kier molecular flexibility index (Phi) is 4.73. The molecule has 0 unspecified atom stereocenters. The van der Waals surface area contributed by atoms with E-state index in [2.05, 4.69) is 10.6 Å². The molecule has 1 aliphatic rings. The van der Waals surface area contributed by atoms with Crippen LogP contribution >= 0.6 is 0 Å². The minimum atomic E-state index is 0.0948. The molecule has 4 heteroatoms. The lowest BCUT2D eigenvalue weighted by Crippen LogP contribution is -2.37. The van der Waals surface area contributed by atoms with Crippen molar-refractivity contribution >= 4 is 11.6 Å². The molecule has 0 radical (unpaired) electrons. The first-order valence-corrected chi connectivity index (χ1v) is 6.39. The van der Waals surface area contributed by atoms with Gasteiger partial charge in [-0.1, -0.05) is 12.1 Å². The third-order valence-corrected chi connectivity index (χ3v) is 3.20. The van der Waals surface area contributed by atoms with Crippen LogP contribution < -0.4 is 10.6 Å². The molecular formula is C14H20N2O2. The molecule has 1 heterocycles. The van der Waals surface area contributed by atoms with Gasteiger partial charge >= 0.3 is 0 Å². The number of ether oxygens (including phenoxy) is 1. The van der Waals surface area contributed by atoms with Crippen molar-refractivity contribution in [3.63, 3.8) is 0 Å². The highest BCUT2D eigenvalue weighted by Crippen LogP contribution is 2.15. The second kappa shape index (κ2) is 6.52. The topological polar surface area (TPSA) is 50.4 Å². The van der Waals surface area contributed by atoms with Gasteiger partial charge in [-0.25, -0.2) is 0 Å². The molecule has 98 valence electrons. The molecule has 4 nitrogen and oxygen atoms in total. The zero-order valence-electron chi connectivity index (χ0n) is 10.7. The lowest BCUT2D eigenvalue weighted by Gasteiger charge is -2.21. The van der Waals surface area contributed by atoms with Crippen molar-refractivity contribution in [2.75, 3.05) is 25.5 Å². The summed E-state index contributed by atoms with van der Waals surface area (Å²) in [5.41, 5.74) is 1.96. The SMILES string of the molecule is COCc1ccc(NC(=O)[C@@H]2CCCNC2)cc1. The van der Waals surface area contributed by atoms with E-state index in [1.54, 1.807) is 7.11 Å². The van der Waals surface area contributed by atoms with E-state index in [9.17, 15) is 4.79 Å². The van der Waals surface area contributed by atoms with Gasteiger partial charge in [0.1, 0.15) is 0 Å². The highest BCUT2D eigenvalue weighted by molar-refractivity contribution is 5.92. The van der Waals surface area contributed by atoms with Crippen LogP contribution in [0.5, 0.6) is 0 Å². The number of methoxy groups -OCH3 is 1. The lowest BCUT2D eigenvalue weighted by molar-refractivity contribution is -0.120. The van der Waals surface area contributed by atoms with E-state index in [1.807, 2.05) is 24.3 Å². The molecular weight excluding hydrogens is 228 g/mol. The lowest BCUT2D eigenvalue weighted by atomic mass is 9.99. The Morgan fingerprint density at radius 3 is 2.83 bits per heavy atom. The molecule has 0 aliphatic carbocycles. The number of nitrogens with one attached hydrogen (secondary N) is 2. The maximum absolute atomic E-state index is 12.0. The first-order chi connectivity index (χ1) is 8.79. The van der Waals surface area contributed by atoms with Crippen molar-refractivity contribution < 1.29 is 9.53 Å². The Morgan fingerprint density at radius 1 is 1.44 bits per heavy atom. The summed E-state index contributed by atoms with van der Waals surface area (Å²) in [6.45, 7) is 2.41. The van der Waals surface area contributed by atoms with E-state index >= 15 is 0 Å². The summed E-state index contributed by atoms with van der Waals surface area (Å²) in [6, 6.07) is 7.78. The Bertz CT molecular complexity index is 383. The molecule has 1 fully saturated rings. The number of anilines is 1. The summed E-state index contributed by atoms with van der Waals surface area (Å²) in [6.07, 6.45) is 2.05. The van der Waals surface area contributed by atoms with Crippen LogP contribution in [0.2, 0.25) is 0 Å². The summed E-state index contributed by atoms with van der Waals surface area (Å²) < 4.78 is 5.05. The number of hydrogen-bond donors (Lipinski definition) is 2. The normalized spacial score (nSPS) is 19.5. The molecule has 1 saturated heterocycles. The summed E-state index contributed by atoms with van der Waals surface area (Å²) in [5.74, 6) is 0.207. The zero-order chi connectivity index (χ0) is 12.8. The average Bonchev–Trinajstić information content (AvgIpc) is 2.42. The average molecular weight is 248 g/mol. The van der Waals surface area contributed by atoms with Crippen LogP contribution in [-0.4, -0.2) is 26.1 Å². The van der Waals surface area contributed by atoms with E-state index < -0.39 is 0 Å². The van der Waals surface area contributed by atoms with Crippen molar-refractivity contribution in [1.82, 2.24) is 5.32 Å². The van der Waals surface area contributed by atoms with Crippen molar-refractivity contribution in [1.29, 1.82) is 0 Å². The maximum atomic E-state index is 12.0. The fourth-order valence-corrected chi connectivity index (χ4v) is 2.17. The largest absolute Gasteiger partial charge is 0.380 e. The molecule has 0 saturated carbocycles. The molecule has 1 aromatic rings. The number of rotatable bonds is 4. The first-order valence-electron chi connectivity index (χ1n) is 6.39. The van der Waals surface area contributed by atoms with Gasteiger partial charge in [0.2, 0.25) is 5.91 Å². The predicted molar refractivity (Wildman–Crippen MR) is 71.4 cm³/mol. The monoisotopic (exact) mass is 248 g/mol. The van der Waals surface area contributed by atoms with Crippen LogP contribution in [0.25, 0.3) is 0 Å². The fourth-order valence-electron chi connectivity index (χ4n) is 2.17. The Morgan fingerprint density at radius 2 is 2.22 bits per heavy atom. The second-order valence-electron chi connectivity index (χ2n) is 4.66. The minimum Gasteiger partial charge on any atom is -0.380 e. The molecule has 0 bridgehead atoms. The molecule has 2 N–H and O–H groups in total. The first kappa shape index (κ1) is 13.1. The van der Waals surface area contributed by atoms with E-state index in [1.165, 1.54) is 0 Å². The van der Waals surface area contributed by atoms with Gasteiger partial charge in [-0.3, -0.25) is 4.79 Å². The number of amides is 1. The van der Waals surface area contributed by atoms with E-state index in [0.717, 1.165) is 37.2 Å². The van der Waals surface area contributed by atoms with Gasteiger partial charge in [0, 0.05) is 19.3 Å². The highest BCUT2D eigenvalue weighted by atomic mass is 16.5. The molecule has 0 aromatic heterocycles.